The normalized spacial score (nSPS) is 11.8. The molecule has 0 aliphatic carbocycles. The van der Waals surface area contributed by atoms with Crippen molar-refractivity contribution >= 4 is 11.2 Å². The summed E-state index contributed by atoms with van der Waals surface area (Å²) in [5, 5.41) is 0.445. The lowest BCUT2D eigenvalue weighted by Gasteiger charge is -2.14. The van der Waals surface area contributed by atoms with Crippen molar-refractivity contribution in [3.8, 4) is 28.3 Å². The largest absolute Gasteiger partial charge is 0.610 e. The van der Waals surface area contributed by atoms with Crippen LogP contribution in [0.3, 0.4) is 0 Å². The lowest BCUT2D eigenvalue weighted by Crippen LogP contribution is -2.16. The maximum Gasteiger partial charge on any atom is 0.263 e. The Labute approximate surface area is 207 Å². The first-order valence-electron chi connectivity index (χ1n) is 11.3. The van der Waals surface area contributed by atoms with Gasteiger partial charge in [-0.05, 0) is 17.7 Å². The van der Waals surface area contributed by atoms with Crippen LogP contribution in [-0.4, -0.2) is 36.8 Å². The van der Waals surface area contributed by atoms with Crippen LogP contribution >= 0.6 is 0 Å². The average Bonchev–Trinajstić information content (AvgIpc) is 3.43. The van der Waals surface area contributed by atoms with Crippen molar-refractivity contribution in [2.45, 2.75) is 11.4 Å². The monoisotopic (exact) mass is 480 g/mol. The molecule has 1 atom stereocenters. The minimum absolute atomic E-state index is 0.312. The second-order valence-electron chi connectivity index (χ2n) is 7.89. The highest BCUT2D eigenvalue weighted by molar-refractivity contribution is 7.91. The molecule has 0 fully saturated rings. The molecule has 0 aliphatic rings. The summed E-state index contributed by atoms with van der Waals surface area (Å²) in [7, 11) is 0. The second-order valence-corrected chi connectivity index (χ2v) is 9.41. The molecule has 7 heteroatoms. The Morgan fingerprint density at radius 3 is 2.14 bits per heavy atom. The molecule has 0 radical (unpaired) electrons. The molecule has 2 heterocycles. The van der Waals surface area contributed by atoms with E-state index in [1.807, 2.05) is 91.1 Å². The van der Waals surface area contributed by atoms with Gasteiger partial charge in [-0.15, -0.1) is 0 Å². The fourth-order valence-electron chi connectivity index (χ4n) is 3.72. The van der Waals surface area contributed by atoms with Gasteiger partial charge in [0.1, 0.15) is 35.8 Å². The number of benzene rings is 3. The van der Waals surface area contributed by atoms with Crippen LogP contribution in [0.5, 0.6) is 5.75 Å². The summed E-state index contributed by atoms with van der Waals surface area (Å²) in [6.07, 6.45) is 5.90. The minimum atomic E-state index is -1.34. The van der Waals surface area contributed by atoms with Crippen LogP contribution in [0.15, 0.2) is 109 Å². The van der Waals surface area contributed by atoms with Crippen LogP contribution in [-0.2, 0) is 17.6 Å². The smallest absolute Gasteiger partial charge is 0.263 e. The molecular formula is C28H24N4O2S. The molecule has 0 spiro atoms. The van der Waals surface area contributed by atoms with Gasteiger partial charge in [0.2, 0.25) is 0 Å². The lowest BCUT2D eigenvalue weighted by molar-refractivity contribution is 0.340. The zero-order chi connectivity index (χ0) is 23.9. The van der Waals surface area contributed by atoms with Crippen LogP contribution in [0.25, 0.3) is 22.5 Å². The molecule has 6 nitrogen and oxygen atoms in total. The number of aromatic nitrogens is 4. The zero-order valence-corrected chi connectivity index (χ0v) is 19.8. The Morgan fingerprint density at radius 2 is 1.49 bits per heavy atom. The van der Waals surface area contributed by atoms with Gasteiger partial charge in [-0.2, -0.15) is 4.98 Å². The van der Waals surface area contributed by atoms with Gasteiger partial charge < -0.3 is 14.3 Å². The summed E-state index contributed by atoms with van der Waals surface area (Å²) in [4.78, 5) is 16.8. The minimum Gasteiger partial charge on any atom is -0.610 e. The number of ether oxygens (including phenoxy) is 1. The van der Waals surface area contributed by atoms with Gasteiger partial charge in [0.25, 0.3) is 5.03 Å². The van der Waals surface area contributed by atoms with Gasteiger partial charge in [-0.25, -0.2) is 9.97 Å². The van der Waals surface area contributed by atoms with Crippen molar-refractivity contribution in [3.63, 3.8) is 0 Å². The van der Waals surface area contributed by atoms with E-state index >= 15 is 0 Å². The summed E-state index contributed by atoms with van der Waals surface area (Å²) in [6.45, 7) is 0.312. The average molecular weight is 481 g/mol. The van der Waals surface area contributed by atoms with E-state index in [1.165, 1.54) is 0 Å². The van der Waals surface area contributed by atoms with Crippen LogP contribution < -0.4 is 4.74 Å². The molecular weight excluding hydrogens is 456 g/mol. The second kappa shape index (κ2) is 11.0. The maximum atomic E-state index is 13.0. The highest BCUT2D eigenvalue weighted by Gasteiger charge is 2.19. The van der Waals surface area contributed by atoms with E-state index in [0.717, 1.165) is 46.1 Å². The molecule has 5 aromatic rings. The van der Waals surface area contributed by atoms with Crippen molar-refractivity contribution in [2.24, 2.45) is 0 Å². The van der Waals surface area contributed by atoms with Crippen molar-refractivity contribution in [2.75, 3.05) is 12.4 Å². The highest BCUT2D eigenvalue weighted by Crippen LogP contribution is 2.29. The number of imidazole rings is 1. The molecule has 0 saturated heterocycles. The standard InChI is InChI=1S/C28H24N4O2S/c33-35(18-17-34-24-13-11-21(12-14-24)19-25-29-15-16-30-25)26-20-31-27(22-7-3-1-4-8-22)28(32-26)23-9-5-2-6-10-23/h1-16,20H,17-19H2,(H,29,30). The molecule has 3 aromatic carbocycles. The maximum absolute atomic E-state index is 13.0. The molecule has 0 saturated carbocycles. The number of rotatable bonds is 9. The fraction of sp³-hybridized carbons (Fsp3) is 0.107. The Kier molecular flexibility index (Phi) is 7.17. The van der Waals surface area contributed by atoms with Gasteiger partial charge in [0.05, 0.1) is 5.69 Å². The summed E-state index contributed by atoms with van der Waals surface area (Å²) in [6, 6.07) is 27.6. The molecule has 35 heavy (non-hydrogen) atoms. The first-order valence-corrected chi connectivity index (χ1v) is 12.6. The van der Waals surface area contributed by atoms with Gasteiger partial charge in [0.15, 0.2) is 0 Å². The van der Waals surface area contributed by atoms with E-state index in [1.54, 1.807) is 12.4 Å². The molecule has 1 unspecified atom stereocenters. The summed E-state index contributed by atoms with van der Waals surface area (Å²) in [5.74, 6) is 1.98. The Bertz CT molecular complexity index is 1350. The van der Waals surface area contributed by atoms with E-state index in [9.17, 15) is 4.55 Å². The number of nitrogens with zero attached hydrogens (tertiary/aromatic N) is 3. The Balaban J connectivity index is 1.26. The van der Waals surface area contributed by atoms with Crippen molar-refractivity contribution < 1.29 is 9.29 Å². The van der Waals surface area contributed by atoms with Gasteiger partial charge in [-0.3, -0.25) is 0 Å². The van der Waals surface area contributed by atoms with E-state index in [0.29, 0.717) is 17.4 Å². The lowest BCUT2D eigenvalue weighted by atomic mass is 10.0. The van der Waals surface area contributed by atoms with Crippen molar-refractivity contribution in [1.82, 2.24) is 19.9 Å². The third-order valence-electron chi connectivity index (χ3n) is 5.47. The SMILES string of the molecule is [O-][S+](CCOc1ccc(Cc2ncc[nH]2)cc1)c1cnc(-c2ccccc2)c(-c2ccccc2)n1. The predicted molar refractivity (Wildman–Crippen MR) is 138 cm³/mol. The van der Waals surface area contributed by atoms with E-state index in [2.05, 4.69) is 15.0 Å². The van der Waals surface area contributed by atoms with Crippen molar-refractivity contribution in [1.29, 1.82) is 0 Å². The van der Waals surface area contributed by atoms with Gasteiger partial charge in [-0.1, -0.05) is 72.8 Å². The molecule has 0 amide bonds. The molecule has 5 rings (SSSR count). The molecule has 0 bridgehead atoms. The number of hydrogen-bond donors (Lipinski definition) is 1. The fourth-order valence-corrected chi connectivity index (χ4v) is 4.53. The summed E-state index contributed by atoms with van der Waals surface area (Å²) in [5.41, 5.74) is 4.52. The molecule has 0 aliphatic heterocycles. The highest BCUT2D eigenvalue weighted by atomic mass is 32.2. The number of aromatic amines is 1. The number of hydrogen-bond acceptors (Lipinski definition) is 5. The quantitative estimate of drug-likeness (QED) is 0.289. The Hall–Kier alpha value is -3.94. The first-order chi connectivity index (χ1) is 17.3. The van der Waals surface area contributed by atoms with Crippen molar-refractivity contribution in [3.05, 3.63) is 115 Å². The molecule has 174 valence electrons. The number of nitrogens with one attached hydrogen (secondary N) is 1. The predicted octanol–water partition coefficient (Wildman–Crippen LogP) is 5.31. The zero-order valence-electron chi connectivity index (χ0n) is 19.0. The van der Waals surface area contributed by atoms with Crippen LogP contribution in [0.4, 0.5) is 0 Å². The first kappa shape index (κ1) is 22.8. The molecule has 1 N–H and O–H groups in total. The topological polar surface area (TPSA) is 86.8 Å². The number of H-pyrrole nitrogens is 1. The Morgan fingerprint density at radius 1 is 0.800 bits per heavy atom. The summed E-state index contributed by atoms with van der Waals surface area (Å²) < 4.78 is 18.8. The van der Waals surface area contributed by atoms with Gasteiger partial charge in [0, 0.05) is 41.1 Å². The van der Waals surface area contributed by atoms with Crippen LogP contribution in [0.2, 0.25) is 0 Å². The third kappa shape index (κ3) is 5.77. The van der Waals surface area contributed by atoms with E-state index < -0.39 is 11.2 Å². The van der Waals surface area contributed by atoms with Crippen LogP contribution in [0.1, 0.15) is 11.4 Å². The molecule has 2 aromatic heterocycles. The van der Waals surface area contributed by atoms with Gasteiger partial charge >= 0.3 is 0 Å². The summed E-state index contributed by atoms with van der Waals surface area (Å²) >= 11 is -1.34. The third-order valence-corrected chi connectivity index (χ3v) is 6.67. The van der Waals surface area contributed by atoms with Crippen LogP contribution in [0, 0.1) is 0 Å². The van der Waals surface area contributed by atoms with E-state index in [4.69, 9.17) is 9.72 Å². The van der Waals surface area contributed by atoms with E-state index in [-0.39, 0.29) is 0 Å².